The van der Waals surface area contributed by atoms with E-state index in [4.69, 9.17) is 0 Å². The first-order valence-corrected chi connectivity index (χ1v) is 6.92. The predicted molar refractivity (Wildman–Crippen MR) is 78.7 cm³/mol. The van der Waals surface area contributed by atoms with Crippen molar-refractivity contribution in [3.63, 3.8) is 0 Å². The lowest BCUT2D eigenvalue weighted by Gasteiger charge is -2.15. The Morgan fingerprint density at radius 2 is 1.95 bits per heavy atom. The van der Waals surface area contributed by atoms with Crippen LogP contribution in [0.2, 0.25) is 0 Å². The third-order valence-electron chi connectivity index (χ3n) is 2.75. The molecule has 19 heavy (non-hydrogen) atoms. The second-order valence-electron chi connectivity index (χ2n) is 4.66. The fraction of sp³-hybridized carbons (Fsp3) is 0.429. The van der Waals surface area contributed by atoms with Gasteiger partial charge in [-0.2, -0.15) is 0 Å². The number of rotatable bonds is 4. The maximum atomic E-state index is 12.0. The van der Waals surface area contributed by atoms with Gasteiger partial charge < -0.3 is 10.1 Å². The summed E-state index contributed by atoms with van der Waals surface area (Å²) in [6.45, 7) is 5.78. The largest absolute Gasteiger partial charge is 0.465 e. The van der Waals surface area contributed by atoms with Gasteiger partial charge in [0.2, 0.25) is 5.91 Å². The van der Waals surface area contributed by atoms with Gasteiger partial charge in [0.15, 0.2) is 0 Å². The van der Waals surface area contributed by atoms with Gasteiger partial charge >= 0.3 is 5.97 Å². The Hall–Kier alpha value is -1.36. The maximum Gasteiger partial charge on any atom is 0.337 e. The number of anilines is 1. The minimum Gasteiger partial charge on any atom is -0.465 e. The molecule has 0 fully saturated rings. The van der Waals surface area contributed by atoms with Crippen LogP contribution in [0.1, 0.15) is 29.8 Å². The number of halogens is 1. The molecule has 0 bridgehead atoms. The quantitative estimate of drug-likeness (QED) is 0.682. The number of alkyl halides is 1. The van der Waals surface area contributed by atoms with Crippen molar-refractivity contribution >= 4 is 33.5 Å². The summed E-state index contributed by atoms with van der Waals surface area (Å²) in [7, 11) is 1.33. The van der Waals surface area contributed by atoms with E-state index in [9.17, 15) is 9.59 Å². The first-order valence-electron chi connectivity index (χ1n) is 6.00. The number of carbonyl (C=O) groups is 2. The zero-order chi connectivity index (χ0) is 14.6. The van der Waals surface area contributed by atoms with Gasteiger partial charge in [-0.15, -0.1) is 0 Å². The van der Waals surface area contributed by atoms with Crippen LogP contribution in [0.25, 0.3) is 0 Å². The summed E-state index contributed by atoms with van der Waals surface area (Å²) in [6.07, 6.45) is 0. The highest BCUT2D eigenvalue weighted by Crippen LogP contribution is 2.20. The molecule has 0 saturated carbocycles. The average molecular weight is 328 g/mol. The van der Waals surface area contributed by atoms with E-state index in [0.717, 1.165) is 5.56 Å². The zero-order valence-electron chi connectivity index (χ0n) is 11.5. The van der Waals surface area contributed by atoms with Gasteiger partial charge in [0.05, 0.1) is 17.5 Å². The summed E-state index contributed by atoms with van der Waals surface area (Å²) in [4.78, 5) is 23.2. The number of esters is 1. The van der Waals surface area contributed by atoms with Crippen molar-refractivity contribution in [3.8, 4) is 0 Å². The van der Waals surface area contributed by atoms with Crippen molar-refractivity contribution < 1.29 is 14.3 Å². The topological polar surface area (TPSA) is 55.4 Å². The number of nitrogens with one attached hydrogen (secondary N) is 1. The molecule has 0 aliphatic carbocycles. The monoisotopic (exact) mass is 327 g/mol. The van der Waals surface area contributed by atoms with E-state index in [-0.39, 0.29) is 16.7 Å². The third kappa shape index (κ3) is 4.06. The molecule has 1 aromatic rings. The van der Waals surface area contributed by atoms with Gasteiger partial charge in [0.1, 0.15) is 0 Å². The fourth-order valence-corrected chi connectivity index (χ4v) is 1.62. The van der Waals surface area contributed by atoms with Gasteiger partial charge in [-0.25, -0.2) is 4.79 Å². The number of benzene rings is 1. The fourth-order valence-electron chi connectivity index (χ4n) is 1.51. The molecule has 0 spiro atoms. The molecular weight excluding hydrogens is 310 g/mol. The van der Waals surface area contributed by atoms with Crippen LogP contribution in [0.3, 0.4) is 0 Å². The molecule has 1 aromatic carbocycles. The van der Waals surface area contributed by atoms with Gasteiger partial charge in [0.25, 0.3) is 0 Å². The summed E-state index contributed by atoms with van der Waals surface area (Å²) < 4.78 is 4.66. The first-order chi connectivity index (χ1) is 8.86. The summed E-state index contributed by atoms with van der Waals surface area (Å²) in [6, 6.07) is 5.07. The van der Waals surface area contributed by atoms with Crippen molar-refractivity contribution in [2.75, 3.05) is 12.4 Å². The van der Waals surface area contributed by atoms with Gasteiger partial charge in [-0.05, 0) is 30.5 Å². The van der Waals surface area contributed by atoms with Gasteiger partial charge in [-0.3, -0.25) is 4.79 Å². The molecule has 0 radical (unpaired) electrons. The highest BCUT2D eigenvalue weighted by atomic mass is 79.9. The molecule has 0 aromatic heterocycles. The van der Waals surface area contributed by atoms with E-state index < -0.39 is 5.97 Å². The van der Waals surface area contributed by atoms with Crippen LogP contribution in [0.15, 0.2) is 18.2 Å². The minimum absolute atomic E-state index is 0.125. The standard InChI is InChI=1S/C14H18BrNO3/c1-8(2)12(15)13(17)16-11-7-10(14(18)19-4)6-5-9(11)3/h5-8,12H,1-4H3,(H,16,17). The van der Waals surface area contributed by atoms with E-state index in [1.807, 2.05) is 20.8 Å². The van der Waals surface area contributed by atoms with Crippen LogP contribution in [0.4, 0.5) is 5.69 Å². The Balaban J connectivity index is 2.94. The Labute approximate surface area is 121 Å². The van der Waals surface area contributed by atoms with E-state index in [0.29, 0.717) is 11.3 Å². The van der Waals surface area contributed by atoms with Gasteiger partial charge in [0, 0.05) is 5.69 Å². The number of hydrogen-bond donors (Lipinski definition) is 1. The lowest BCUT2D eigenvalue weighted by atomic mass is 10.1. The van der Waals surface area contributed by atoms with Crippen molar-refractivity contribution in [2.24, 2.45) is 5.92 Å². The van der Waals surface area contributed by atoms with Crippen molar-refractivity contribution in [2.45, 2.75) is 25.6 Å². The second kappa shape index (κ2) is 6.70. The molecule has 5 heteroatoms. The molecule has 1 amide bonds. The summed E-state index contributed by atoms with van der Waals surface area (Å²) in [5.74, 6) is -0.362. The van der Waals surface area contributed by atoms with Crippen molar-refractivity contribution in [3.05, 3.63) is 29.3 Å². The molecule has 4 nitrogen and oxygen atoms in total. The second-order valence-corrected chi connectivity index (χ2v) is 5.64. The van der Waals surface area contributed by atoms with E-state index >= 15 is 0 Å². The Morgan fingerprint density at radius 3 is 2.47 bits per heavy atom. The van der Waals surface area contributed by atoms with Crippen LogP contribution < -0.4 is 5.32 Å². The zero-order valence-corrected chi connectivity index (χ0v) is 13.1. The van der Waals surface area contributed by atoms with Crippen LogP contribution in [0.5, 0.6) is 0 Å². The number of aryl methyl sites for hydroxylation is 1. The molecule has 1 unspecified atom stereocenters. The first kappa shape index (κ1) is 15.7. The number of hydrogen-bond acceptors (Lipinski definition) is 3. The van der Waals surface area contributed by atoms with Crippen LogP contribution in [-0.4, -0.2) is 23.8 Å². The maximum absolute atomic E-state index is 12.0. The number of carbonyl (C=O) groups excluding carboxylic acids is 2. The van der Waals surface area contributed by atoms with Gasteiger partial charge in [-0.1, -0.05) is 35.8 Å². The molecule has 104 valence electrons. The highest BCUT2D eigenvalue weighted by molar-refractivity contribution is 9.10. The van der Waals surface area contributed by atoms with Crippen LogP contribution in [0, 0.1) is 12.8 Å². The Kier molecular flexibility index (Phi) is 5.54. The molecule has 0 aliphatic rings. The van der Waals surface area contributed by atoms with Crippen LogP contribution >= 0.6 is 15.9 Å². The molecule has 1 atom stereocenters. The Bertz CT molecular complexity index is 486. The van der Waals surface area contributed by atoms with Crippen LogP contribution in [-0.2, 0) is 9.53 Å². The van der Waals surface area contributed by atoms with E-state index in [2.05, 4.69) is 26.0 Å². The smallest absolute Gasteiger partial charge is 0.337 e. The molecule has 0 heterocycles. The van der Waals surface area contributed by atoms with Crippen molar-refractivity contribution in [1.82, 2.24) is 0 Å². The third-order valence-corrected chi connectivity index (χ3v) is 4.23. The summed E-state index contributed by atoms with van der Waals surface area (Å²) in [5.41, 5.74) is 1.93. The number of methoxy groups -OCH3 is 1. The molecule has 0 aliphatic heterocycles. The highest BCUT2D eigenvalue weighted by Gasteiger charge is 2.19. The molecule has 1 N–H and O–H groups in total. The molecular formula is C14H18BrNO3. The normalized spacial score (nSPS) is 12.1. The number of ether oxygens (including phenoxy) is 1. The average Bonchev–Trinajstić information content (AvgIpc) is 2.39. The minimum atomic E-state index is -0.422. The van der Waals surface area contributed by atoms with E-state index in [1.165, 1.54) is 7.11 Å². The summed E-state index contributed by atoms with van der Waals surface area (Å²) >= 11 is 3.35. The lowest BCUT2D eigenvalue weighted by Crippen LogP contribution is -2.27. The predicted octanol–water partition coefficient (Wildman–Crippen LogP) is 3.14. The lowest BCUT2D eigenvalue weighted by molar-refractivity contribution is -0.116. The number of amides is 1. The van der Waals surface area contributed by atoms with E-state index in [1.54, 1.807) is 18.2 Å². The van der Waals surface area contributed by atoms with Crippen molar-refractivity contribution in [1.29, 1.82) is 0 Å². The molecule has 0 saturated heterocycles. The SMILES string of the molecule is COC(=O)c1ccc(C)c(NC(=O)C(Br)C(C)C)c1. The Morgan fingerprint density at radius 1 is 1.32 bits per heavy atom. The molecule has 1 rings (SSSR count). The summed E-state index contributed by atoms with van der Waals surface area (Å²) in [5, 5.41) is 2.82.